The molecular weight excluding hydrogens is 231 g/mol. The maximum absolute atomic E-state index is 13.7. The zero-order chi connectivity index (χ0) is 13.3. The Balaban J connectivity index is 2.27. The number of aliphatic hydroxyl groups is 1. The van der Waals surface area contributed by atoms with Crippen molar-refractivity contribution < 1.29 is 14.2 Å². The topological polar surface area (TPSA) is 29.5 Å². The van der Waals surface area contributed by atoms with Crippen molar-refractivity contribution in [2.75, 3.05) is 7.11 Å². The van der Waals surface area contributed by atoms with Crippen LogP contribution < -0.4 is 4.74 Å². The Kier molecular flexibility index (Phi) is 3.62. The molecular formula is C15H21FO2. The standard InChI is InChI=1S/C15H21FO2/c1-10-6-7-15(17,9-11(10)2)12-4-5-14(18-3)13(16)8-12/h4-5,8,10-11,17H,6-7,9H2,1-3H3. The van der Waals surface area contributed by atoms with E-state index in [0.29, 0.717) is 30.2 Å². The van der Waals surface area contributed by atoms with Gasteiger partial charge in [-0.05, 0) is 48.8 Å². The van der Waals surface area contributed by atoms with Crippen LogP contribution in [-0.4, -0.2) is 12.2 Å². The molecule has 3 unspecified atom stereocenters. The van der Waals surface area contributed by atoms with Crippen molar-refractivity contribution in [2.24, 2.45) is 11.8 Å². The maximum atomic E-state index is 13.7. The third-order valence-corrected chi connectivity index (χ3v) is 4.33. The van der Waals surface area contributed by atoms with Crippen LogP contribution in [0.1, 0.15) is 38.7 Å². The van der Waals surface area contributed by atoms with Gasteiger partial charge in [-0.2, -0.15) is 0 Å². The molecule has 1 N–H and O–H groups in total. The Morgan fingerprint density at radius 1 is 1.33 bits per heavy atom. The van der Waals surface area contributed by atoms with E-state index < -0.39 is 11.4 Å². The normalized spacial score (nSPS) is 32.3. The summed E-state index contributed by atoms with van der Waals surface area (Å²) >= 11 is 0. The molecule has 100 valence electrons. The van der Waals surface area contributed by atoms with Gasteiger partial charge >= 0.3 is 0 Å². The van der Waals surface area contributed by atoms with E-state index in [-0.39, 0.29) is 5.75 Å². The van der Waals surface area contributed by atoms with Crippen molar-refractivity contribution in [3.8, 4) is 5.75 Å². The summed E-state index contributed by atoms with van der Waals surface area (Å²) in [6.07, 6.45) is 2.37. The van der Waals surface area contributed by atoms with Crippen LogP contribution in [0.15, 0.2) is 18.2 Å². The second-order valence-electron chi connectivity index (χ2n) is 5.58. The zero-order valence-electron chi connectivity index (χ0n) is 11.2. The first-order chi connectivity index (χ1) is 8.46. The minimum Gasteiger partial charge on any atom is -0.494 e. The molecule has 2 rings (SSSR count). The van der Waals surface area contributed by atoms with Crippen LogP contribution in [0.3, 0.4) is 0 Å². The number of rotatable bonds is 2. The van der Waals surface area contributed by atoms with Gasteiger partial charge in [0.2, 0.25) is 0 Å². The Labute approximate surface area is 108 Å². The largest absolute Gasteiger partial charge is 0.494 e. The van der Waals surface area contributed by atoms with Crippen LogP contribution >= 0.6 is 0 Å². The Morgan fingerprint density at radius 2 is 2.06 bits per heavy atom. The molecule has 0 amide bonds. The number of hydrogen-bond donors (Lipinski definition) is 1. The lowest BCUT2D eigenvalue weighted by atomic mass is 9.70. The van der Waals surface area contributed by atoms with E-state index in [1.165, 1.54) is 13.2 Å². The molecule has 0 spiro atoms. The van der Waals surface area contributed by atoms with Crippen molar-refractivity contribution in [1.82, 2.24) is 0 Å². The molecule has 3 heteroatoms. The highest BCUT2D eigenvalue weighted by atomic mass is 19.1. The third-order valence-electron chi connectivity index (χ3n) is 4.33. The molecule has 1 aliphatic carbocycles. The summed E-state index contributed by atoms with van der Waals surface area (Å²) in [4.78, 5) is 0. The highest BCUT2D eigenvalue weighted by Crippen LogP contribution is 2.43. The van der Waals surface area contributed by atoms with Gasteiger partial charge < -0.3 is 9.84 Å². The van der Waals surface area contributed by atoms with Crippen molar-refractivity contribution in [2.45, 2.75) is 38.7 Å². The monoisotopic (exact) mass is 252 g/mol. The van der Waals surface area contributed by atoms with Crippen molar-refractivity contribution in [1.29, 1.82) is 0 Å². The molecule has 1 fully saturated rings. The van der Waals surface area contributed by atoms with Crippen LogP contribution in [0.2, 0.25) is 0 Å². The molecule has 18 heavy (non-hydrogen) atoms. The Hall–Kier alpha value is -1.09. The lowest BCUT2D eigenvalue weighted by Gasteiger charge is -2.39. The van der Waals surface area contributed by atoms with E-state index in [1.807, 2.05) is 0 Å². The van der Waals surface area contributed by atoms with Gasteiger partial charge in [-0.25, -0.2) is 4.39 Å². The molecule has 1 aromatic carbocycles. The first kappa shape index (κ1) is 13.3. The summed E-state index contributed by atoms with van der Waals surface area (Å²) in [7, 11) is 1.44. The van der Waals surface area contributed by atoms with Crippen LogP contribution in [0.4, 0.5) is 4.39 Å². The molecule has 1 aliphatic rings. The Bertz CT molecular complexity index is 433. The van der Waals surface area contributed by atoms with Gasteiger partial charge in [-0.1, -0.05) is 19.9 Å². The average Bonchev–Trinajstić information content (AvgIpc) is 2.34. The number of benzene rings is 1. The summed E-state index contributed by atoms with van der Waals surface area (Å²) in [6.45, 7) is 4.35. The summed E-state index contributed by atoms with van der Waals surface area (Å²) in [6, 6.07) is 4.76. The molecule has 0 aliphatic heterocycles. The number of ether oxygens (including phenoxy) is 1. The molecule has 0 bridgehead atoms. The van der Waals surface area contributed by atoms with E-state index in [2.05, 4.69) is 13.8 Å². The molecule has 0 saturated heterocycles. The smallest absolute Gasteiger partial charge is 0.165 e. The lowest BCUT2D eigenvalue weighted by Crippen LogP contribution is -2.35. The van der Waals surface area contributed by atoms with Crippen LogP contribution in [0, 0.1) is 17.7 Å². The fourth-order valence-electron chi connectivity index (χ4n) is 2.80. The molecule has 3 atom stereocenters. The SMILES string of the molecule is COc1ccc(C2(O)CCC(C)C(C)C2)cc1F. The fraction of sp³-hybridized carbons (Fsp3) is 0.600. The van der Waals surface area contributed by atoms with Gasteiger partial charge in [0.15, 0.2) is 11.6 Å². The van der Waals surface area contributed by atoms with Gasteiger partial charge in [0.25, 0.3) is 0 Å². The second-order valence-corrected chi connectivity index (χ2v) is 5.58. The highest BCUT2D eigenvalue weighted by molar-refractivity contribution is 5.33. The van der Waals surface area contributed by atoms with Crippen molar-refractivity contribution in [3.63, 3.8) is 0 Å². The predicted octanol–water partition coefficient (Wildman–Crippen LogP) is 3.48. The second kappa shape index (κ2) is 4.88. The van der Waals surface area contributed by atoms with Crippen LogP contribution in [0.25, 0.3) is 0 Å². The number of hydrogen-bond acceptors (Lipinski definition) is 2. The first-order valence-electron chi connectivity index (χ1n) is 6.52. The molecule has 1 aromatic rings. The van der Waals surface area contributed by atoms with Crippen molar-refractivity contribution in [3.05, 3.63) is 29.6 Å². The summed E-state index contributed by atoms with van der Waals surface area (Å²) in [5.41, 5.74) is -0.224. The zero-order valence-corrected chi connectivity index (χ0v) is 11.2. The van der Waals surface area contributed by atoms with Gasteiger partial charge in [0.05, 0.1) is 12.7 Å². The summed E-state index contributed by atoms with van der Waals surface area (Å²) in [5, 5.41) is 10.7. The van der Waals surface area contributed by atoms with E-state index in [4.69, 9.17) is 4.74 Å². The van der Waals surface area contributed by atoms with Crippen LogP contribution in [0.5, 0.6) is 5.75 Å². The quantitative estimate of drug-likeness (QED) is 0.873. The minimum absolute atomic E-state index is 0.222. The molecule has 0 radical (unpaired) electrons. The third kappa shape index (κ3) is 2.37. The molecule has 1 saturated carbocycles. The van der Waals surface area contributed by atoms with Crippen molar-refractivity contribution >= 4 is 0 Å². The molecule has 2 nitrogen and oxygen atoms in total. The van der Waals surface area contributed by atoms with Crippen LogP contribution in [-0.2, 0) is 5.60 Å². The number of methoxy groups -OCH3 is 1. The Morgan fingerprint density at radius 3 is 2.61 bits per heavy atom. The maximum Gasteiger partial charge on any atom is 0.165 e. The lowest BCUT2D eigenvalue weighted by molar-refractivity contribution is -0.0338. The minimum atomic E-state index is -0.890. The summed E-state index contributed by atoms with van der Waals surface area (Å²) < 4.78 is 18.6. The fourth-order valence-corrected chi connectivity index (χ4v) is 2.80. The van der Waals surface area contributed by atoms with Gasteiger partial charge in [-0.3, -0.25) is 0 Å². The van der Waals surface area contributed by atoms with Gasteiger partial charge in [0, 0.05) is 0 Å². The predicted molar refractivity (Wildman–Crippen MR) is 69.0 cm³/mol. The van der Waals surface area contributed by atoms with Gasteiger partial charge in [0.1, 0.15) is 0 Å². The first-order valence-corrected chi connectivity index (χ1v) is 6.52. The highest BCUT2D eigenvalue weighted by Gasteiger charge is 2.37. The van der Waals surface area contributed by atoms with E-state index in [9.17, 15) is 9.50 Å². The molecule has 0 aromatic heterocycles. The van der Waals surface area contributed by atoms with Gasteiger partial charge in [-0.15, -0.1) is 0 Å². The molecule has 0 heterocycles. The number of halogens is 1. The van der Waals surface area contributed by atoms with E-state index in [0.717, 1.165) is 6.42 Å². The van der Waals surface area contributed by atoms with E-state index >= 15 is 0 Å². The average molecular weight is 252 g/mol. The van der Waals surface area contributed by atoms with E-state index in [1.54, 1.807) is 12.1 Å². The summed E-state index contributed by atoms with van der Waals surface area (Å²) in [5.74, 6) is 0.886.